The number of rotatable bonds is 3. The molecule has 1 saturated heterocycles. The monoisotopic (exact) mass is 417 g/mol. The Morgan fingerprint density at radius 2 is 1.72 bits per heavy atom. The normalized spacial score (nSPS) is 16.3. The Morgan fingerprint density at radius 1 is 1.03 bits per heavy atom. The fourth-order valence-corrected chi connectivity index (χ4v) is 3.75. The zero-order valence-electron chi connectivity index (χ0n) is 15.7. The molecule has 0 unspecified atom stereocenters. The predicted octanol–water partition coefficient (Wildman–Crippen LogP) is 3.37. The van der Waals surface area contributed by atoms with E-state index in [1.807, 2.05) is 0 Å². The molecule has 0 atom stereocenters. The molecule has 152 valence electrons. The molecule has 0 spiro atoms. The van der Waals surface area contributed by atoms with Crippen LogP contribution in [0.2, 0.25) is 5.02 Å². The minimum absolute atomic E-state index is 0.0638. The van der Waals surface area contributed by atoms with Gasteiger partial charge in [-0.2, -0.15) is 0 Å². The number of nitro groups is 1. The van der Waals surface area contributed by atoms with Crippen LogP contribution in [-0.4, -0.2) is 55.1 Å². The first kappa shape index (κ1) is 19.3. The number of nitrogens with zero attached hydrogens (tertiary/aromatic N) is 3. The number of ether oxygens (including phenoxy) is 2. The number of fused-ring (bicyclic) bond motifs is 1. The molecule has 0 bridgehead atoms. The number of hydrogen-bond acceptors (Lipinski definition) is 6. The topological polar surface area (TPSA) is 85.2 Å². The highest BCUT2D eigenvalue weighted by Crippen LogP contribution is 2.38. The number of non-ortho nitro benzene ring substituents is 1. The molecule has 2 aromatic carbocycles. The van der Waals surface area contributed by atoms with E-state index in [0.29, 0.717) is 61.5 Å². The van der Waals surface area contributed by atoms with Gasteiger partial charge in [-0.1, -0.05) is 11.6 Å². The van der Waals surface area contributed by atoms with E-state index in [1.54, 1.807) is 29.2 Å². The van der Waals surface area contributed by atoms with Crippen LogP contribution >= 0.6 is 11.6 Å². The van der Waals surface area contributed by atoms with E-state index < -0.39 is 4.92 Å². The minimum Gasteiger partial charge on any atom is -0.489 e. The number of piperazine rings is 1. The Hall–Kier alpha value is -3.00. The minimum atomic E-state index is -0.416. The fraction of sp³-hybridized carbons (Fsp3) is 0.350. The molecule has 0 saturated carbocycles. The van der Waals surface area contributed by atoms with E-state index in [0.717, 1.165) is 12.1 Å². The first-order chi connectivity index (χ1) is 14.0. The summed E-state index contributed by atoms with van der Waals surface area (Å²) >= 11 is 6.31. The highest BCUT2D eigenvalue weighted by atomic mass is 35.5. The average Bonchev–Trinajstić information content (AvgIpc) is 2.99. The van der Waals surface area contributed by atoms with Crippen LogP contribution < -0.4 is 14.4 Å². The van der Waals surface area contributed by atoms with Crippen LogP contribution in [-0.2, 0) is 0 Å². The van der Waals surface area contributed by atoms with Crippen molar-refractivity contribution in [2.24, 2.45) is 0 Å². The van der Waals surface area contributed by atoms with Crippen molar-refractivity contribution in [3.63, 3.8) is 0 Å². The van der Waals surface area contributed by atoms with Crippen LogP contribution in [0.1, 0.15) is 16.8 Å². The zero-order chi connectivity index (χ0) is 20.4. The Bertz CT molecular complexity index is 926. The Kier molecular flexibility index (Phi) is 5.44. The van der Waals surface area contributed by atoms with Crippen LogP contribution in [0.5, 0.6) is 11.5 Å². The summed E-state index contributed by atoms with van der Waals surface area (Å²) in [5, 5.41) is 11.2. The van der Waals surface area contributed by atoms with Crippen LogP contribution in [0.3, 0.4) is 0 Å². The lowest BCUT2D eigenvalue weighted by Crippen LogP contribution is -2.48. The van der Waals surface area contributed by atoms with Gasteiger partial charge >= 0.3 is 0 Å². The number of anilines is 1. The van der Waals surface area contributed by atoms with Crippen molar-refractivity contribution < 1.29 is 19.2 Å². The maximum atomic E-state index is 13.0. The number of halogens is 1. The van der Waals surface area contributed by atoms with Gasteiger partial charge in [0.05, 0.1) is 23.2 Å². The SMILES string of the molecule is O=C(c1cc(Cl)c2c(c1)OCCCO2)N1CCN(c2ccc([N+](=O)[O-])cc2)CC1. The van der Waals surface area contributed by atoms with Crippen LogP contribution in [0.15, 0.2) is 36.4 Å². The summed E-state index contributed by atoms with van der Waals surface area (Å²) in [6.07, 6.45) is 0.763. The zero-order valence-corrected chi connectivity index (χ0v) is 16.4. The van der Waals surface area contributed by atoms with Crippen LogP contribution in [0.4, 0.5) is 11.4 Å². The van der Waals surface area contributed by atoms with Crippen molar-refractivity contribution >= 4 is 28.9 Å². The van der Waals surface area contributed by atoms with Gasteiger partial charge in [0.1, 0.15) is 0 Å². The third-order valence-corrected chi connectivity index (χ3v) is 5.32. The number of carbonyl (C=O) groups is 1. The van der Waals surface area contributed by atoms with Gasteiger partial charge in [-0.25, -0.2) is 0 Å². The summed E-state index contributed by atoms with van der Waals surface area (Å²) < 4.78 is 11.3. The molecule has 0 aromatic heterocycles. The Morgan fingerprint density at radius 3 is 2.41 bits per heavy atom. The molecule has 29 heavy (non-hydrogen) atoms. The summed E-state index contributed by atoms with van der Waals surface area (Å²) in [6.45, 7) is 3.42. The van der Waals surface area contributed by atoms with Gasteiger partial charge < -0.3 is 19.3 Å². The number of amides is 1. The second-order valence-electron chi connectivity index (χ2n) is 6.89. The highest BCUT2D eigenvalue weighted by molar-refractivity contribution is 6.32. The lowest BCUT2D eigenvalue weighted by Gasteiger charge is -2.36. The van der Waals surface area contributed by atoms with E-state index in [-0.39, 0.29) is 11.6 Å². The number of nitro benzene ring substituents is 1. The van der Waals surface area contributed by atoms with Crippen LogP contribution in [0, 0.1) is 10.1 Å². The molecule has 2 heterocycles. The lowest BCUT2D eigenvalue weighted by molar-refractivity contribution is -0.384. The molecule has 2 aliphatic heterocycles. The summed E-state index contributed by atoms with van der Waals surface area (Å²) in [4.78, 5) is 27.2. The van der Waals surface area contributed by atoms with Gasteiger partial charge in [0.15, 0.2) is 11.5 Å². The highest BCUT2D eigenvalue weighted by Gasteiger charge is 2.25. The summed E-state index contributed by atoms with van der Waals surface area (Å²) in [5.41, 5.74) is 1.44. The quantitative estimate of drug-likeness (QED) is 0.562. The van der Waals surface area contributed by atoms with E-state index >= 15 is 0 Å². The molecule has 4 rings (SSSR count). The molecule has 1 amide bonds. The van der Waals surface area contributed by atoms with E-state index in [2.05, 4.69) is 4.90 Å². The van der Waals surface area contributed by atoms with Gasteiger partial charge in [-0.3, -0.25) is 14.9 Å². The van der Waals surface area contributed by atoms with Gasteiger partial charge in [-0.05, 0) is 24.3 Å². The number of carbonyl (C=O) groups excluding carboxylic acids is 1. The lowest BCUT2D eigenvalue weighted by atomic mass is 10.1. The molecule has 2 aromatic rings. The van der Waals surface area contributed by atoms with Gasteiger partial charge in [0.2, 0.25) is 0 Å². The molecule has 2 aliphatic rings. The molecule has 8 nitrogen and oxygen atoms in total. The molecule has 0 radical (unpaired) electrons. The van der Waals surface area contributed by atoms with Crippen molar-refractivity contribution in [3.8, 4) is 11.5 Å². The van der Waals surface area contributed by atoms with Gasteiger partial charge in [-0.15, -0.1) is 0 Å². The number of hydrogen-bond donors (Lipinski definition) is 0. The van der Waals surface area contributed by atoms with Crippen molar-refractivity contribution in [1.82, 2.24) is 4.90 Å². The maximum Gasteiger partial charge on any atom is 0.269 e. The second kappa shape index (κ2) is 8.16. The Labute approximate surface area is 172 Å². The van der Waals surface area contributed by atoms with Gasteiger partial charge in [0, 0.05) is 56.0 Å². The molecular formula is C20H20ClN3O5. The first-order valence-corrected chi connectivity index (χ1v) is 9.78. The largest absolute Gasteiger partial charge is 0.489 e. The van der Waals surface area contributed by atoms with E-state index in [4.69, 9.17) is 21.1 Å². The summed E-state index contributed by atoms with van der Waals surface area (Å²) in [7, 11) is 0. The molecular weight excluding hydrogens is 398 g/mol. The second-order valence-corrected chi connectivity index (χ2v) is 7.30. The van der Waals surface area contributed by atoms with Crippen molar-refractivity contribution in [1.29, 1.82) is 0 Å². The van der Waals surface area contributed by atoms with E-state index in [9.17, 15) is 14.9 Å². The summed E-state index contributed by atoms with van der Waals surface area (Å²) in [5.74, 6) is 0.887. The van der Waals surface area contributed by atoms with E-state index in [1.165, 1.54) is 12.1 Å². The molecule has 1 fully saturated rings. The maximum absolute atomic E-state index is 13.0. The molecule has 9 heteroatoms. The van der Waals surface area contributed by atoms with Crippen molar-refractivity contribution in [3.05, 3.63) is 57.1 Å². The standard InChI is InChI=1S/C20H20ClN3O5/c21-17-12-14(13-18-19(17)29-11-1-10-28-18)20(25)23-8-6-22(7-9-23)15-2-4-16(5-3-15)24(26)27/h2-5,12-13H,1,6-11H2. The molecule has 0 N–H and O–H groups in total. The smallest absolute Gasteiger partial charge is 0.269 e. The third kappa shape index (κ3) is 4.07. The summed E-state index contributed by atoms with van der Waals surface area (Å²) in [6, 6.07) is 9.77. The van der Waals surface area contributed by atoms with Crippen molar-refractivity contribution in [2.45, 2.75) is 6.42 Å². The van der Waals surface area contributed by atoms with Crippen LogP contribution in [0.25, 0.3) is 0 Å². The predicted molar refractivity (Wildman–Crippen MR) is 108 cm³/mol. The first-order valence-electron chi connectivity index (χ1n) is 9.41. The molecule has 0 aliphatic carbocycles. The fourth-order valence-electron chi connectivity index (χ4n) is 3.49. The average molecular weight is 418 g/mol. The number of benzene rings is 2. The van der Waals surface area contributed by atoms with Crippen molar-refractivity contribution in [2.75, 3.05) is 44.3 Å². The third-order valence-electron chi connectivity index (χ3n) is 5.04. The Balaban J connectivity index is 1.43. The van der Waals surface area contributed by atoms with Gasteiger partial charge in [0.25, 0.3) is 11.6 Å².